The van der Waals surface area contributed by atoms with Crippen LogP contribution in [0.3, 0.4) is 0 Å². The van der Waals surface area contributed by atoms with Crippen molar-refractivity contribution in [3.8, 4) is 32.7 Å². The molecule has 0 saturated carbocycles. The summed E-state index contributed by atoms with van der Waals surface area (Å²) in [4.78, 5) is 7.91. The first-order valence-corrected chi connectivity index (χ1v) is 13.5. The molecule has 31 heavy (non-hydrogen) atoms. The van der Waals surface area contributed by atoms with Crippen molar-refractivity contribution in [2.75, 3.05) is 12.4 Å². The zero-order chi connectivity index (χ0) is 21.9. The van der Waals surface area contributed by atoms with E-state index in [9.17, 15) is 0 Å². The quantitative estimate of drug-likeness (QED) is 0.255. The van der Waals surface area contributed by atoms with E-state index in [1.54, 1.807) is 0 Å². The van der Waals surface area contributed by atoms with Crippen LogP contribution in [0.1, 0.15) is 32.0 Å². The Kier molecular flexibility index (Phi) is 5.22. The lowest BCUT2D eigenvalue weighted by atomic mass is 9.99. The zero-order valence-electron chi connectivity index (χ0n) is 18.4. The summed E-state index contributed by atoms with van der Waals surface area (Å²) in [5.74, 6) is 6.42. The van der Waals surface area contributed by atoms with Crippen LogP contribution in [0.25, 0.3) is 41.1 Å². The average Bonchev–Trinajstić information content (AvgIpc) is 3.47. The van der Waals surface area contributed by atoms with Crippen molar-refractivity contribution in [3.05, 3.63) is 49.3 Å². The lowest BCUT2D eigenvalue weighted by molar-refractivity contribution is 1.44. The third-order valence-corrected chi connectivity index (χ3v) is 10.0. The van der Waals surface area contributed by atoms with E-state index in [0.717, 1.165) is 4.88 Å². The molecule has 0 bridgehead atoms. The van der Waals surface area contributed by atoms with Gasteiger partial charge in [0.1, 0.15) is 0 Å². The summed E-state index contributed by atoms with van der Waals surface area (Å²) in [5.41, 5.74) is 5.34. The van der Waals surface area contributed by atoms with Crippen LogP contribution >= 0.6 is 45.3 Å². The number of rotatable bonds is 3. The van der Waals surface area contributed by atoms with Gasteiger partial charge in [0.25, 0.3) is 0 Å². The van der Waals surface area contributed by atoms with Gasteiger partial charge in [-0.1, -0.05) is 5.92 Å². The van der Waals surface area contributed by atoms with Crippen LogP contribution in [0.2, 0.25) is 0 Å². The second-order valence-electron chi connectivity index (χ2n) is 7.76. The van der Waals surface area contributed by atoms with Gasteiger partial charge in [-0.3, -0.25) is 0 Å². The van der Waals surface area contributed by atoms with Gasteiger partial charge in [-0.05, 0) is 64.4 Å². The van der Waals surface area contributed by atoms with E-state index >= 15 is 0 Å². The molecule has 0 aliphatic heterocycles. The Hall–Kier alpha value is -2.10. The van der Waals surface area contributed by atoms with Gasteiger partial charge in [0, 0.05) is 68.4 Å². The molecule has 1 aromatic carbocycles. The molecule has 0 amide bonds. The minimum Gasteiger partial charge on any atom is -0.387 e. The van der Waals surface area contributed by atoms with Gasteiger partial charge in [-0.2, -0.15) is 0 Å². The monoisotopic (exact) mass is 477 g/mol. The van der Waals surface area contributed by atoms with E-state index in [1.165, 1.54) is 66.9 Å². The van der Waals surface area contributed by atoms with Crippen molar-refractivity contribution in [1.29, 1.82) is 0 Å². The highest BCUT2D eigenvalue weighted by molar-refractivity contribution is 7.24. The first kappa shape index (κ1) is 20.8. The van der Waals surface area contributed by atoms with Crippen molar-refractivity contribution in [1.82, 2.24) is 0 Å². The van der Waals surface area contributed by atoms with E-state index in [1.807, 2.05) is 59.3 Å². The highest BCUT2D eigenvalue weighted by Crippen LogP contribution is 2.52. The number of anilines is 1. The van der Waals surface area contributed by atoms with Crippen LogP contribution in [0.5, 0.6) is 0 Å². The molecular formula is C26H23NS4. The molecule has 0 aliphatic rings. The maximum Gasteiger partial charge on any atom is 0.0781 e. The number of fused-ring (bicyclic) bond motifs is 2. The molecule has 0 saturated heterocycles. The van der Waals surface area contributed by atoms with Gasteiger partial charge < -0.3 is 5.32 Å². The first-order valence-electron chi connectivity index (χ1n) is 10.2. The largest absolute Gasteiger partial charge is 0.387 e. The predicted octanol–water partition coefficient (Wildman–Crippen LogP) is 9.22. The van der Waals surface area contributed by atoms with Gasteiger partial charge in [0.05, 0.1) is 4.88 Å². The fourth-order valence-electron chi connectivity index (χ4n) is 4.12. The predicted molar refractivity (Wildman–Crippen MR) is 145 cm³/mol. The molecule has 4 aromatic heterocycles. The van der Waals surface area contributed by atoms with Crippen molar-refractivity contribution in [3.63, 3.8) is 0 Å². The summed E-state index contributed by atoms with van der Waals surface area (Å²) in [6.45, 7) is 10.8. The SMILES string of the molecule is CC#Cc1cc2c(-c3cc(C)c(C)s3)c3sc(C)cc3c(-c3cc(NC)c(C)s3)c2s1. The second-order valence-corrected chi connectivity index (χ2v) is 12.6. The number of hydrogen-bond donors (Lipinski definition) is 1. The fourth-order valence-corrected chi connectivity index (χ4v) is 8.67. The average molecular weight is 478 g/mol. The van der Waals surface area contributed by atoms with Crippen LogP contribution in [0, 0.1) is 39.5 Å². The standard InChI is InChI=1S/C26H23NS4/c1-7-8-17-11-19-24(21-9-13(2)15(4)29-21)25-18(10-14(3)28-25)23(26(19)31-17)22-12-20(27-6)16(5)30-22/h9-12,27H,1-6H3. The maximum atomic E-state index is 3.35. The van der Waals surface area contributed by atoms with Crippen molar-refractivity contribution in [2.45, 2.75) is 34.6 Å². The van der Waals surface area contributed by atoms with Gasteiger partial charge >= 0.3 is 0 Å². The molecule has 156 valence electrons. The number of aryl methyl sites for hydroxylation is 4. The molecule has 1 N–H and O–H groups in total. The van der Waals surface area contributed by atoms with Crippen LogP contribution in [0.15, 0.2) is 24.3 Å². The van der Waals surface area contributed by atoms with Crippen LogP contribution < -0.4 is 5.32 Å². The van der Waals surface area contributed by atoms with Crippen molar-refractivity contribution < 1.29 is 0 Å². The van der Waals surface area contributed by atoms with Crippen molar-refractivity contribution >= 4 is 71.2 Å². The van der Waals surface area contributed by atoms with Gasteiger partial charge in [0.2, 0.25) is 0 Å². The minimum absolute atomic E-state index is 1.14. The molecule has 0 radical (unpaired) electrons. The Labute approximate surface area is 199 Å². The highest BCUT2D eigenvalue weighted by Gasteiger charge is 2.23. The van der Waals surface area contributed by atoms with Crippen LogP contribution in [0.4, 0.5) is 5.69 Å². The fraction of sp³-hybridized carbons (Fsp3) is 0.231. The molecule has 0 unspecified atom stereocenters. The highest BCUT2D eigenvalue weighted by atomic mass is 32.1. The normalized spacial score (nSPS) is 11.3. The molecule has 0 aliphatic carbocycles. The Morgan fingerprint density at radius 1 is 0.742 bits per heavy atom. The van der Waals surface area contributed by atoms with Gasteiger partial charge in [-0.15, -0.1) is 51.3 Å². The Balaban J connectivity index is 1.97. The lowest BCUT2D eigenvalue weighted by Gasteiger charge is -2.09. The topological polar surface area (TPSA) is 12.0 Å². The van der Waals surface area contributed by atoms with E-state index in [4.69, 9.17) is 0 Å². The Bertz CT molecular complexity index is 1510. The second kappa shape index (κ2) is 7.79. The molecular weight excluding hydrogens is 455 g/mol. The molecule has 5 heteroatoms. The zero-order valence-corrected chi connectivity index (χ0v) is 21.7. The Morgan fingerprint density at radius 3 is 2.00 bits per heavy atom. The molecule has 5 aromatic rings. The van der Waals surface area contributed by atoms with E-state index < -0.39 is 0 Å². The van der Waals surface area contributed by atoms with Crippen molar-refractivity contribution in [2.24, 2.45) is 0 Å². The van der Waals surface area contributed by atoms with Crippen LogP contribution in [-0.2, 0) is 0 Å². The van der Waals surface area contributed by atoms with Crippen LogP contribution in [-0.4, -0.2) is 7.05 Å². The maximum absolute atomic E-state index is 3.35. The number of hydrogen-bond acceptors (Lipinski definition) is 5. The Morgan fingerprint density at radius 2 is 1.39 bits per heavy atom. The molecule has 1 nitrogen and oxygen atoms in total. The van der Waals surface area contributed by atoms with E-state index in [2.05, 4.69) is 69.1 Å². The summed E-state index contributed by atoms with van der Waals surface area (Å²) >= 11 is 7.53. The third kappa shape index (κ3) is 3.34. The molecule has 4 heterocycles. The van der Waals surface area contributed by atoms with E-state index in [0.29, 0.717) is 0 Å². The number of nitrogens with one attached hydrogen (secondary N) is 1. The third-order valence-electron chi connectivity index (χ3n) is 5.67. The first-order chi connectivity index (χ1) is 14.9. The lowest BCUT2D eigenvalue weighted by Crippen LogP contribution is -1.85. The molecule has 0 fully saturated rings. The van der Waals surface area contributed by atoms with Gasteiger partial charge in [-0.25, -0.2) is 0 Å². The molecule has 0 atom stereocenters. The van der Waals surface area contributed by atoms with Gasteiger partial charge in [0.15, 0.2) is 0 Å². The summed E-state index contributed by atoms with van der Waals surface area (Å²) in [7, 11) is 2.00. The summed E-state index contributed by atoms with van der Waals surface area (Å²) in [6.07, 6.45) is 0. The number of benzene rings is 1. The molecule has 0 spiro atoms. The minimum atomic E-state index is 1.14. The smallest absolute Gasteiger partial charge is 0.0781 e. The summed E-state index contributed by atoms with van der Waals surface area (Å²) < 4.78 is 2.75. The molecule has 5 rings (SSSR count). The van der Waals surface area contributed by atoms with E-state index in [-0.39, 0.29) is 0 Å². The summed E-state index contributed by atoms with van der Waals surface area (Å²) in [6, 6.07) is 9.36. The number of thiophene rings is 4. The summed E-state index contributed by atoms with van der Waals surface area (Å²) in [5, 5.41) is 6.06.